The van der Waals surface area contributed by atoms with Gasteiger partial charge in [-0.2, -0.15) is 0 Å². The molecule has 4 nitrogen and oxygen atoms in total. The fraction of sp³-hybridized carbons (Fsp3) is 0.556. The average Bonchev–Trinajstić information content (AvgIpc) is 2.51. The zero-order valence-corrected chi connectivity index (χ0v) is 8.93. The number of hydrogen-bond donors (Lipinski definition) is 0. The van der Waals surface area contributed by atoms with Crippen LogP contribution in [0.25, 0.3) is 0 Å². The molecule has 0 bridgehead atoms. The summed E-state index contributed by atoms with van der Waals surface area (Å²) >= 11 is 1.45. The van der Waals surface area contributed by atoms with E-state index >= 15 is 0 Å². The zero-order valence-electron chi connectivity index (χ0n) is 8.11. The third-order valence-corrected chi connectivity index (χ3v) is 2.56. The van der Waals surface area contributed by atoms with Crippen molar-refractivity contribution in [2.75, 3.05) is 12.4 Å². The standard InChI is InChI=1S/C9H12O4S/c1-3-12-9(11)7-4-14-5-8(7)13-6(2)10/h5,7H,3-4H2,1-2H3. The second-order valence-corrected chi connectivity index (χ2v) is 3.65. The molecule has 0 aromatic carbocycles. The minimum Gasteiger partial charge on any atom is -0.465 e. The maximum Gasteiger partial charge on any atom is 0.317 e. The van der Waals surface area contributed by atoms with Crippen molar-refractivity contribution in [3.8, 4) is 0 Å². The highest BCUT2D eigenvalue weighted by molar-refractivity contribution is 8.02. The second-order valence-electron chi connectivity index (χ2n) is 2.75. The predicted octanol–water partition coefficient (Wildman–Crippen LogP) is 1.32. The molecule has 0 N–H and O–H groups in total. The molecule has 0 amide bonds. The number of ether oxygens (including phenoxy) is 2. The van der Waals surface area contributed by atoms with E-state index in [2.05, 4.69) is 0 Å². The lowest BCUT2D eigenvalue weighted by Gasteiger charge is -2.11. The third kappa shape index (κ3) is 2.77. The fourth-order valence-electron chi connectivity index (χ4n) is 1.08. The van der Waals surface area contributed by atoms with Crippen LogP contribution in [0.15, 0.2) is 11.2 Å². The molecule has 5 heteroatoms. The van der Waals surface area contributed by atoms with Gasteiger partial charge in [0.25, 0.3) is 0 Å². The molecule has 14 heavy (non-hydrogen) atoms. The zero-order chi connectivity index (χ0) is 10.6. The molecule has 1 atom stereocenters. The summed E-state index contributed by atoms with van der Waals surface area (Å²) in [7, 11) is 0. The average molecular weight is 216 g/mol. The van der Waals surface area contributed by atoms with Crippen LogP contribution in [0.5, 0.6) is 0 Å². The van der Waals surface area contributed by atoms with Gasteiger partial charge in [0, 0.05) is 18.1 Å². The summed E-state index contributed by atoms with van der Waals surface area (Å²) in [6, 6.07) is 0. The van der Waals surface area contributed by atoms with E-state index in [-0.39, 0.29) is 5.97 Å². The molecule has 1 aliphatic rings. The van der Waals surface area contributed by atoms with E-state index < -0.39 is 11.9 Å². The molecule has 1 heterocycles. The second kappa shape index (κ2) is 5.05. The lowest BCUT2D eigenvalue weighted by molar-refractivity contribution is -0.148. The van der Waals surface area contributed by atoms with Crippen molar-refractivity contribution < 1.29 is 19.1 Å². The maximum absolute atomic E-state index is 11.4. The van der Waals surface area contributed by atoms with Crippen molar-refractivity contribution in [2.24, 2.45) is 5.92 Å². The van der Waals surface area contributed by atoms with Gasteiger partial charge < -0.3 is 9.47 Å². The van der Waals surface area contributed by atoms with Gasteiger partial charge in [-0.1, -0.05) is 0 Å². The van der Waals surface area contributed by atoms with Gasteiger partial charge >= 0.3 is 11.9 Å². The number of thioether (sulfide) groups is 1. The van der Waals surface area contributed by atoms with Gasteiger partial charge in [-0.3, -0.25) is 9.59 Å². The van der Waals surface area contributed by atoms with Gasteiger partial charge in [-0.05, 0) is 6.92 Å². The summed E-state index contributed by atoms with van der Waals surface area (Å²) < 4.78 is 9.74. The van der Waals surface area contributed by atoms with Crippen molar-refractivity contribution >= 4 is 23.7 Å². The largest absolute Gasteiger partial charge is 0.465 e. The Morgan fingerprint density at radius 3 is 2.93 bits per heavy atom. The Bertz CT molecular complexity index is 272. The number of rotatable bonds is 3. The Hall–Kier alpha value is -0.970. The molecular weight excluding hydrogens is 204 g/mol. The highest BCUT2D eigenvalue weighted by atomic mass is 32.2. The van der Waals surface area contributed by atoms with Gasteiger partial charge in [0.2, 0.25) is 0 Å². The first-order chi connectivity index (χ1) is 6.65. The Morgan fingerprint density at radius 1 is 1.64 bits per heavy atom. The van der Waals surface area contributed by atoms with Crippen molar-refractivity contribution in [1.29, 1.82) is 0 Å². The predicted molar refractivity (Wildman–Crippen MR) is 52.4 cm³/mol. The molecule has 0 saturated heterocycles. The molecule has 1 rings (SSSR count). The van der Waals surface area contributed by atoms with Crippen LogP contribution in [0.1, 0.15) is 13.8 Å². The third-order valence-electron chi connectivity index (χ3n) is 1.64. The molecule has 0 saturated carbocycles. The first-order valence-corrected chi connectivity index (χ1v) is 5.36. The first-order valence-electron chi connectivity index (χ1n) is 4.32. The summed E-state index contributed by atoms with van der Waals surface area (Å²) in [4.78, 5) is 22.1. The van der Waals surface area contributed by atoms with E-state index in [0.717, 1.165) is 0 Å². The lowest BCUT2D eigenvalue weighted by atomic mass is 10.1. The monoisotopic (exact) mass is 216 g/mol. The Morgan fingerprint density at radius 2 is 2.36 bits per heavy atom. The van der Waals surface area contributed by atoms with Crippen LogP contribution >= 0.6 is 11.8 Å². The molecule has 0 aromatic heterocycles. The van der Waals surface area contributed by atoms with Gasteiger partial charge in [0.05, 0.1) is 6.61 Å². The Labute approximate surface area is 86.6 Å². The van der Waals surface area contributed by atoms with E-state index in [0.29, 0.717) is 18.1 Å². The summed E-state index contributed by atoms with van der Waals surface area (Å²) in [6.07, 6.45) is 0. The summed E-state index contributed by atoms with van der Waals surface area (Å²) in [5, 5.41) is 1.68. The SMILES string of the molecule is CCOC(=O)C1CSC=C1OC(C)=O. The smallest absolute Gasteiger partial charge is 0.317 e. The molecule has 0 aromatic rings. The van der Waals surface area contributed by atoms with Crippen LogP contribution in [0.2, 0.25) is 0 Å². The van der Waals surface area contributed by atoms with Crippen LogP contribution in [0.4, 0.5) is 0 Å². The van der Waals surface area contributed by atoms with Crippen LogP contribution in [-0.4, -0.2) is 24.3 Å². The van der Waals surface area contributed by atoms with E-state index in [1.54, 1.807) is 12.3 Å². The van der Waals surface area contributed by atoms with Crippen molar-refractivity contribution in [3.63, 3.8) is 0 Å². The summed E-state index contributed by atoms with van der Waals surface area (Å²) in [6.45, 7) is 3.40. The minimum absolute atomic E-state index is 0.329. The minimum atomic E-state index is -0.427. The van der Waals surface area contributed by atoms with E-state index in [9.17, 15) is 9.59 Å². The first kappa shape index (κ1) is 11.1. The molecule has 0 radical (unpaired) electrons. The van der Waals surface area contributed by atoms with Crippen molar-refractivity contribution in [3.05, 3.63) is 11.2 Å². The quantitative estimate of drug-likeness (QED) is 0.666. The van der Waals surface area contributed by atoms with E-state index in [1.165, 1.54) is 18.7 Å². The molecule has 1 unspecified atom stereocenters. The van der Waals surface area contributed by atoms with Crippen LogP contribution in [0, 0.1) is 5.92 Å². The highest BCUT2D eigenvalue weighted by Gasteiger charge is 2.30. The Kier molecular flexibility index (Phi) is 4.00. The molecule has 0 spiro atoms. The molecule has 0 fully saturated rings. The highest BCUT2D eigenvalue weighted by Crippen LogP contribution is 2.30. The van der Waals surface area contributed by atoms with E-state index in [1.807, 2.05) is 0 Å². The molecule has 78 valence electrons. The van der Waals surface area contributed by atoms with Crippen LogP contribution < -0.4 is 0 Å². The normalized spacial score (nSPS) is 20.1. The summed E-state index contributed by atoms with van der Waals surface area (Å²) in [5.74, 6) is -0.176. The number of hydrogen-bond acceptors (Lipinski definition) is 5. The van der Waals surface area contributed by atoms with Gasteiger partial charge in [0.15, 0.2) is 0 Å². The fourth-order valence-corrected chi connectivity index (χ4v) is 2.04. The van der Waals surface area contributed by atoms with Gasteiger partial charge in [0.1, 0.15) is 11.7 Å². The van der Waals surface area contributed by atoms with E-state index in [4.69, 9.17) is 9.47 Å². The number of carbonyl (C=O) groups excluding carboxylic acids is 2. The number of carbonyl (C=O) groups is 2. The van der Waals surface area contributed by atoms with Gasteiger partial charge in [-0.15, -0.1) is 11.8 Å². The molecular formula is C9H12O4S. The van der Waals surface area contributed by atoms with Gasteiger partial charge in [-0.25, -0.2) is 0 Å². The van der Waals surface area contributed by atoms with Crippen LogP contribution in [0.3, 0.4) is 0 Å². The lowest BCUT2D eigenvalue weighted by Crippen LogP contribution is -2.21. The van der Waals surface area contributed by atoms with Crippen LogP contribution in [-0.2, 0) is 19.1 Å². The van der Waals surface area contributed by atoms with Crippen molar-refractivity contribution in [2.45, 2.75) is 13.8 Å². The molecule has 1 aliphatic heterocycles. The number of esters is 2. The Balaban J connectivity index is 2.57. The van der Waals surface area contributed by atoms with Crippen molar-refractivity contribution in [1.82, 2.24) is 0 Å². The summed E-state index contributed by atoms with van der Waals surface area (Å²) in [5.41, 5.74) is 0. The topological polar surface area (TPSA) is 52.6 Å². The molecule has 0 aliphatic carbocycles. The maximum atomic E-state index is 11.4.